The molecule has 4 nitrogen and oxygen atoms in total. The second-order valence-corrected chi connectivity index (χ2v) is 5.62. The van der Waals surface area contributed by atoms with Crippen molar-refractivity contribution in [1.82, 2.24) is 15.1 Å². The standard InChI is InChI=1S/C12H19N3OS/c1-8(2)10-7-11(14-13-10)12(16)15-5-3-9(17)4-6-15/h7-9,17H,3-6H2,1-2H3,(H,13,14). The fourth-order valence-corrected chi connectivity index (χ4v) is 2.20. The van der Waals surface area contributed by atoms with Gasteiger partial charge in [-0.15, -0.1) is 0 Å². The third-order valence-electron chi connectivity index (χ3n) is 3.19. The first-order valence-corrected chi connectivity index (χ1v) is 6.62. The molecule has 0 bridgehead atoms. The molecule has 0 radical (unpaired) electrons. The maximum Gasteiger partial charge on any atom is 0.274 e. The zero-order chi connectivity index (χ0) is 12.4. The molecule has 94 valence electrons. The van der Waals surface area contributed by atoms with Crippen molar-refractivity contribution in [2.75, 3.05) is 13.1 Å². The third kappa shape index (κ3) is 2.83. The fourth-order valence-electron chi connectivity index (χ4n) is 1.97. The molecule has 0 atom stereocenters. The number of hydrogen-bond acceptors (Lipinski definition) is 3. The molecule has 1 fully saturated rings. The summed E-state index contributed by atoms with van der Waals surface area (Å²) < 4.78 is 0. The molecule has 1 aliphatic heterocycles. The molecular formula is C12H19N3OS. The quantitative estimate of drug-likeness (QED) is 0.793. The van der Waals surface area contributed by atoms with E-state index >= 15 is 0 Å². The van der Waals surface area contributed by atoms with Crippen molar-refractivity contribution in [3.8, 4) is 0 Å². The highest BCUT2D eigenvalue weighted by Gasteiger charge is 2.23. The molecule has 1 aliphatic rings. The predicted molar refractivity (Wildman–Crippen MR) is 70.6 cm³/mol. The van der Waals surface area contributed by atoms with E-state index in [0.29, 0.717) is 16.9 Å². The second-order valence-electron chi connectivity index (χ2n) is 4.89. The van der Waals surface area contributed by atoms with Crippen LogP contribution in [0.4, 0.5) is 0 Å². The Morgan fingerprint density at radius 1 is 1.53 bits per heavy atom. The van der Waals surface area contributed by atoms with Crippen LogP contribution in [0, 0.1) is 0 Å². The lowest BCUT2D eigenvalue weighted by Gasteiger charge is -2.29. The van der Waals surface area contributed by atoms with Crippen molar-refractivity contribution in [2.45, 2.75) is 37.9 Å². The Kier molecular flexibility index (Phi) is 3.76. The van der Waals surface area contributed by atoms with Crippen LogP contribution in [-0.2, 0) is 0 Å². The number of carbonyl (C=O) groups excluding carboxylic acids is 1. The molecule has 0 spiro atoms. The van der Waals surface area contributed by atoms with Crippen LogP contribution in [0.5, 0.6) is 0 Å². The van der Waals surface area contributed by atoms with Gasteiger partial charge in [-0.2, -0.15) is 17.7 Å². The Labute approximate surface area is 107 Å². The highest BCUT2D eigenvalue weighted by molar-refractivity contribution is 7.80. The van der Waals surface area contributed by atoms with E-state index in [1.165, 1.54) is 0 Å². The van der Waals surface area contributed by atoms with E-state index in [1.807, 2.05) is 11.0 Å². The molecule has 1 N–H and O–H groups in total. The molecule has 1 aromatic rings. The van der Waals surface area contributed by atoms with E-state index in [0.717, 1.165) is 31.6 Å². The molecule has 17 heavy (non-hydrogen) atoms. The zero-order valence-corrected chi connectivity index (χ0v) is 11.2. The average molecular weight is 253 g/mol. The Balaban J connectivity index is 2.03. The van der Waals surface area contributed by atoms with Gasteiger partial charge in [-0.25, -0.2) is 0 Å². The van der Waals surface area contributed by atoms with Crippen molar-refractivity contribution in [2.24, 2.45) is 0 Å². The number of aromatic amines is 1. The highest BCUT2D eigenvalue weighted by Crippen LogP contribution is 2.18. The van der Waals surface area contributed by atoms with Crippen LogP contribution in [0.25, 0.3) is 0 Å². The SMILES string of the molecule is CC(C)c1cc(C(=O)N2CCC(S)CC2)n[nH]1. The maximum atomic E-state index is 12.2. The molecule has 0 aliphatic carbocycles. The minimum Gasteiger partial charge on any atom is -0.337 e. The van der Waals surface area contributed by atoms with Gasteiger partial charge in [0, 0.05) is 24.0 Å². The van der Waals surface area contributed by atoms with Gasteiger partial charge in [-0.1, -0.05) is 13.8 Å². The first kappa shape index (κ1) is 12.5. The smallest absolute Gasteiger partial charge is 0.274 e. The summed E-state index contributed by atoms with van der Waals surface area (Å²) in [5.41, 5.74) is 1.55. The lowest BCUT2D eigenvalue weighted by atomic mass is 10.1. The van der Waals surface area contributed by atoms with Gasteiger partial charge in [0.25, 0.3) is 5.91 Å². The molecule has 0 saturated carbocycles. The number of thiol groups is 1. The molecule has 0 unspecified atom stereocenters. The normalized spacial score (nSPS) is 17.8. The molecule has 0 aromatic carbocycles. The van der Waals surface area contributed by atoms with E-state index in [4.69, 9.17) is 0 Å². The van der Waals surface area contributed by atoms with Crippen LogP contribution >= 0.6 is 12.6 Å². The predicted octanol–water partition coefficient (Wildman–Crippen LogP) is 2.07. The molecule has 1 saturated heterocycles. The number of hydrogen-bond donors (Lipinski definition) is 2. The van der Waals surface area contributed by atoms with E-state index in [2.05, 4.69) is 36.7 Å². The summed E-state index contributed by atoms with van der Waals surface area (Å²) in [5.74, 6) is 0.403. The van der Waals surface area contributed by atoms with Crippen molar-refractivity contribution in [1.29, 1.82) is 0 Å². The van der Waals surface area contributed by atoms with Crippen molar-refractivity contribution in [3.63, 3.8) is 0 Å². The Morgan fingerprint density at radius 3 is 2.71 bits per heavy atom. The summed E-state index contributed by atoms with van der Waals surface area (Å²) in [6.07, 6.45) is 1.94. The Morgan fingerprint density at radius 2 is 2.18 bits per heavy atom. The summed E-state index contributed by atoms with van der Waals surface area (Å²) in [7, 11) is 0. The summed E-state index contributed by atoms with van der Waals surface area (Å²) in [6.45, 7) is 5.73. The first-order valence-electron chi connectivity index (χ1n) is 6.10. The highest BCUT2D eigenvalue weighted by atomic mass is 32.1. The minimum absolute atomic E-state index is 0.0355. The lowest BCUT2D eigenvalue weighted by molar-refractivity contribution is 0.0722. The largest absolute Gasteiger partial charge is 0.337 e. The maximum absolute atomic E-state index is 12.2. The van der Waals surface area contributed by atoms with Gasteiger partial charge >= 0.3 is 0 Å². The molecule has 2 heterocycles. The van der Waals surface area contributed by atoms with Crippen molar-refractivity contribution >= 4 is 18.5 Å². The number of likely N-dealkylation sites (tertiary alicyclic amines) is 1. The average Bonchev–Trinajstić information content (AvgIpc) is 2.78. The van der Waals surface area contributed by atoms with E-state index < -0.39 is 0 Å². The molecule has 2 rings (SSSR count). The van der Waals surface area contributed by atoms with E-state index in [9.17, 15) is 4.79 Å². The zero-order valence-electron chi connectivity index (χ0n) is 10.3. The van der Waals surface area contributed by atoms with Gasteiger partial charge in [0.2, 0.25) is 0 Å². The number of nitrogens with zero attached hydrogens (tertiary/aromatic N) is 2. The van der Waals surface area contributed by atoms with Crippen LogP contribution in [0.2, 0.25) is 0 Å². The van der Waals surface area contributed by atoms with Gasteiger partial charge in [-0.3, -0.25) is 9.89 Å². The molecule has 1 amide bonds. The van der Waals surface area contributed by atoms with Gasteiger partial charge in [-0.05, 0) is 24.8 Å². The minimum atomic E-state index is 0.0355. The Hall–Kier alpha value is -0.970. The number of rotatable bonds is 2. The van der Waals surface area contributed by atoms with Crippen molar-refractivity contribution < 1.29 is 4.79 Å². The number of amides is 1. The third-order valence-corrected chi connectivity index (χ3v) is 3.71. The van der Waals surface area contributed by atoms with E-state index in [1.54, 1.807) is 0 Å². The monoisotopic (exact) mass is 253 g/mol. The van der Waals surface area contributed by atoms with Crippen LogP contribution in [0.1, 0.15) is 48.8 Å². The van der Waals surface area contributed by atoms with Crippen LogP contribution in [0.3, 0.4) is 0 Å². The molecular weight excluding hydrogens is 234 g/mol. The van der Waals surface area contributed by atoms with Crippen molar-refractivity contribution in [3.05, 3.63) is 17.5 Å². The second kappa shape index (κ2) is 5.12. The molecule has 1 aromatic heterocycles. The number of nitrogens with one attached hydrogen (secondary N) is 1. The number of carbonyl (C=O) groups is 1. The van der Waals surface area contributed by atoms with Crippen LogP contribution in [-0.4, -0.2) is 39.3 Å². The van der Waals surface area contributed by atoms with E-state index in [-0.39, 0.29) is 5.91 Å². The summed E-state index contributed by atoms with van der Waals surface area (Å²) >= 11 is 4.43. The van der Waals surface area contributed by atoms with Crippen LogP contribution < -0.4 is 0 Å². The topological polar surface area (TPSA) is 49.0 Å². The van der Waals surface area contributed by atoms with Crippen LogP contribution in [0.15, 0.2) is 6.07 Å². The summed E-state index contributed by atoms with van der Waals surface area (Å²) in [4.78, 5) is 14.0. The number of H-pyrrole nitrogens is 1. The summed E-state index contributed by atoms with van der Waals surface area (Å²) in [6, 6.07) is 1.86. The first-order chi connectivity index (χ1) is 8.08. The lowest BCUT2D eigenvalue weighted by Crippen LogP contribution is -2.39. The van der Waals surface area contributed by atoms with Gasteiger partial charge in [0.05, 0.1) is 0 Å². The van der Waals surface area contributed by atoms with Gasteiger partial charge < -0.3 is 4.90 Å². The molecule has 5 heteroatoms. The van der Waals surface area contributed by atoms with Gasteiger partial charge in [0.15, 0.2) is 0 Å². The summed E-state index contributed by atoms with van der Waals surface area (Å²) in [5, 5.41) is 7.45. The Bertz CT molecular complexity index is 394. The number of aromatic nitrogens is 2. The van der Waals surface area contributed by atoms with Gasteiger partial charge in [0.1, 0.15) is 5.69 Å². The number of piperidine rings is 1. The fraction of sp³-hybridized carbons (Fsp3) is 0.667.